The van der Waals surface area contributed by atoms with Crippen LogP contribution in [0.1, 0.15) is 28.9 Å². The third kappa shape index (κ3) is 4.03. The van der Waals surface area contributed by atoms with E-state index in [0.717, 1.165) is 12.8 Å². The molecule has 1 aliphatic heterocycles. The Labute approximate surface area is 149 Å². The van der Waals surface area contributed by atoms with Crippen molar-refractivity contribution in [1.82, 2.24) is 25.3 Å². The van der Waals surface area contributed by atoms with Gasteiger partial charge in [-0.05, 0) is 25.2 Å². The van der Waals surface area contributed by atoms with Gasteiger partial charge in [0.2, 0.25) is 0 Å². The fraction of sp³-hybridized carbons (Fsp3) is 0.375. The molecule has 2 aromatic rings. The van der Waals surface area contributed by atoms with E-state index < -0.39 is 0 Å². The summed E-state index contributed by atoms with van der Waals surface area (Å²) in [7, 11) is 0. The molecule has 0 radical (unpaired) electrons. The van der Waals surface area contributed by atoms with Crippen molar-refractivity contribution < 1.29 is 4.79 Å². The van der Waals surface area contributed by atoms with Gasteiger partial charge in [0.15, 0.2) is 11.0 Å². The van der Waals surface area contributed by atoms with Crippen LogP contribution in [-0.2, 0) is 0 Å². The normalized spacial score (nSPS) is 14.8. The number of nitriles is 1. The van der Waals surface area contributed by atoms with Gasteiger partial charge < -0.3 is 10.2 Å². The maximum atomic E-state index is 12.2. The lowest BCUT2D eigenvalue weighted by Crippen LogP contribution is -2.45. The zero-order valence-electron chi connectivity index (χ0n) is 13.7. The molecule has 0 unspecified atom stereocenters. The van der Waals surface area contributed by atoms with Crippen molar-refractivity contribution >= 4 is 23.5 Å². The molecule has 2 aromatic heterocycles. The van der Waals surface area contributed by atoms with Crippen LogP contribution in [0.15, 0.2) is 29.9 Å². The van der Waals surface area contributed by atoms with E-state index in [1.54, 1.807) is 18.5 Å². The van der Waals surface area contributed by atoms with E-state index in [1.807, 2.05) is 6.26 Å². The van der Waals surface area contributed by atoms with Gasteiger partial charge in [0.1, 0.15) is 23.7 Å². The average molecular weight is 355 g/mol. The van der Waals surface area contributed by atoms with Crippen LogP contribution in [0.2, 0.25) is 0 Å². The molecular weight excluding hydrogens is 338 g/mol. The minimum Gasteiger partial charge on any atom is -0.355 e. The molecule has 0 aromatic carbocycles. The molecule has 8 nitrogen and oxygen atoms in total. The quantitative estimate of drug-likeness (QED) is 0.645. The summed E-state index contributed by atoms with van der Waals surface area (Å²) in [6, 6.07) is 3.82. The van der Waals surface area contributed by atoms with E-state index >= 15 is 0 Å². The third-order valence-electron chi connectivity index (χ3n) is 3.99. The highest BCUT2D eigenvalue weighted by Gasteiger charge is 2.24. The lowest BCUT2D eigenvalue weighted by atomic mass is 10.0. The third-order valence-corrected chi connectivity index (χ3v) is 4.56. The van der Waals surface area contributed by atoms with Gasteiger partial charge in [0, 0.05) is 25.3 Å². The van der Waals surface area contributed by atoms with Gasteiger partial charge in [-0.15, -0.1) is 0 Å². The van der Waals surface area contributed by atoms with Crippen LogP contribution in [0.25, 0.3) is 0 Å². The Bertz CT molecular complexity index is 785. The van der Waals surface area contributed by atoms with Crippen LogP contribution < -0.4 is 10.2 Å². The smallest absolute Gasteiger partial charge is 0.270 e. The Morgan fingerprint density at radius 3 is 2.84 bits per heavy atom. The van der Waals surface area contributed by atoms with Crippen molar-refractivity contribution in [2.24, 2.45) is 0 Å². The molecule has 0 aliphatic carbocycles. The van der Waals surface area contributed by atoms with E-state index in [1.165, 1.54) is 18.1 Å². The number of nitrogens with one attached hydrogen (secondary N) is 1. The second-order valence-electron chi connectivity index (χ2n) is 5.54. The molecule has 1 N–H and O–H groups in total. The molecule has 0 atom stereocenters. The number of hydrogen-bond donors (Lipinski definition) is 1. The minimum absolute atomic E-state index is 0.0751. The Balaban J connectivity index is 1.63. The van der Waals surface area contributed by atoms with Crippen LogP contribution in [0.5, 0.6) is 0 Å². The first-order chi connectivity index (χ1) is 12.2. The second-order valence-corrected chi connectivity index (χ2v) is 6.31. The number of anilines is 1. The van der Waals surface area contributed by atoms with Crippen molar-refractivity contribution in [2.75, 3.05) is 24.2 Å². The summed E-state index contributed by atoms with van der Waals surface area (Å²) in [6.07, 6.45) is 7.93. The number of amides is 1. The standard InChI is InChI=1S/C16H17N7OS/c1-25-16-19-9-11(8-17)14(22-16)23-6-3-12(4-7-23)21-15(24)13-2-5-18-10-20-13/h2,5,9-10,12H,3-4,6-7H2,1H3,(H,21,24). The number of nitrogens with zero attached hydrogens (tertiary/aromatic N) is 6. The van der Waals surface area contributed by atoms with Crippen molar-refractivity contribution in [3.8, 4) is 6.07 Å². The second kappa shape index (κ2) is 7.90. The topological polar surface area (TPSA) is 108 Å². The molecule has 128 valence electrons. The van der Waals surface area contributed by atoms with E-state index in [2.05, 4.69) is 36.2 Å². The van der Waals surface area contributed by atoms with Crippen LogP contribution in [0, 0.1) is 11.3 Å². The fourth-order valence-electron chi connectivity index (χ4n) is 2.70. The summed E-state index contributed by atoms with van der Waals surface area (Å²) >= 11 is 1.45. The van der Waals surface area contributed by atoms with Crippen molar-refractivity contribution in [1.29, 1.82) is 5.26 Å². The summed E-state index contributed by atoms with van der Waals surface area (Å²) in [5, 5.41) is 12.9. The number of thioether (sulfide) groups is 1. The highest BCUT2D eigenvalue weighted by Crippen LogP contribution is 2.23. The Morgan fingerprint density at radius 1 is 1.40 bits per heavy atom. The zero-order valence-corrected chi connectivity index (χ0v) is 14.5. The number of piperidine rings is 1. The van der Waals surface area contributed by atoms with E-state index in [9.17, 15) is 10.1 Å². The van der Waals surface area contributed by atoms with Crippen LogP contribution >= 0.6 is 11.8 Å². The summed E-state index contributed by atoms with van der Waals surface area (Å²) in [4.78, 5) is 30.6. The number of aromatic nitrogens is 4. The average Bonchev–Trinajstić information content (AvgIpc) is 2.68. The first kappa shape index (κ1) is 17.1. The molecule has 9 heteroatoms. The van der Waals surface area contributed by atoms with E-state index in [0.29, 0.717) is 35.3 Å². The summed E-state index contributed by atoms with van der Waals surface area (Å²) in [6.45, 7) is 1.43. The van der Waals surface area contributed by atoms with Gasteiger partial charge >= 0.3 is 0 Å². The Hall–Kier alpha value is -2.73. The molecule has 0 bridgehead atoms. The molecule has 1 aliphatic rings. The lowest BCUT2D eigenvalue weighted by Gasteiger charge is -2.33. The monoisotopic (exact) mass is 355 g/mol. The Morgan fingerprint density at radius 2 is 2.20 bits per heavy atom. The van der Waals surface area contributed by atoms with Crippen LogP contribution in [0.3, 0.4) is 0 Å². The van der Waals surface area contributed by atoms with Crippen molar-refractivity contribution in [2.45, 2.75) is 24.0 Å². The molecule has 1 fully saturated rings. The zero-order chi connectivity index (χ0) is 17.6. The van der Waals surface area contributed by atoms with Crippen LogP contribution in [0.4, 0.5) is 5.82 Å². The van der Waals surface area contributed by atoms with E-state index in [-0.39, 0.29) is 11.9 Å². The SMILES string of the molecule is CSc1ncc(C#N)c(N2CCC(NC(=O)c3ccncn3)CC2)n1. The molecule has 3 heterocycles. The summed E-state index contributed by atoms with van der Waals surface area (Å²) in [5.74, 6) is 0.479. The largest absolute Gasteiger partial charge is 0.355 e. The fourth-order valence-corrected chi connectivity index (χ4v) is 3.03. The summed E-state index contributed by atoms with van der Waals surface area (Å²) in [5.41, 5.74) is 0.839. The molecule has 1 saturated heterocycles. The molecule has 0 spiro atoms. The molecule has 0 saturated carbocycles. The minimum atomic E-state index is -0.190. The van der Waals surface area contributed by atoms with Gasteiger partial charge in [-0.25, -0.2) is 19.9 Å². The maximum absolute atomic E-state index is 12.2. The summed E-state index contributed by atoms with van der Waals surface area (Å²) < 4.78 is 0. The van der Waals surface area contributed by atoms with Gasteiger partial charge in [-0.3, -0.25) is 4.79 Å². The van der Waals surface area contributed by atoms with Crippen molar-refractivity contribution in [3.05, 3.63) is 36.0 Å². The number of hydrogen-bond acceptors (Lipinski definition) is 8. The van der Waals surface area contributed by atoms with Crippen LogP contribution in [-0.4, -0.2) is 51.2 Å². The van der Waals surface area contributed by atoms with E-state index in [4.69, 9.17) is 0 Å². The Kier molecular flexibility index (Phi) is 5.40. The first-order valence-electron chi connectivity index (χ1n) is 7.84. The number of carbonyl (C=O) groups excluding carboxylic acids is 1. The maximum Gasteiger partial charge on any atom is 0.270 e. The van der Waals surface area contributed by atoms with Gasteiger partial charge in [0.05, 0.1) is 6.20 Å². The van der Waals surface area contributed by atoms with Gasteiger partial charge in [-0.2, -0.15) is 5.26 Å². The lowest BCUT2D eigenvalue weighted by molar-refractivity contribution is 0.0926. The molecule has 3 rings (SSSR count). The van der Waals surface area contributed by atoms with Crippen molar-refractivity contribution in [3.63, 3.8) is 0 Å². The number of rotatable bonds is 4. The molecular formula is C16H17N7OS. The molecule has 25 heavy (non-hydrogen) atoms. The molecule has 1 amide bonds. The predicted molar refractivity (Wildman–Crippen MR) is 93.3 cm³/mol. The first-order valence-corrected chi connectivity index (χ1v) is 9.06. The highest BCUT2D eigenvalue weighted by atomic mass is 32.2. The predicted octanol–water partition coefficient (Wildman–Crippen LogP) is 1.26. The highest BCUT2D eigenvalue weighted by molar-refractivity contribution is 7.98. The van der Waals surface area contributed by atoms with Gasteiger partial charge in [-0.1, -0.05) is 11.8 Å². The van der Waals surface area contributed by atoms with Gasteiger partial charge in [0.25, 0.3) is 5.91 Å². The number of carbonyl (C=O) groups is 1.